The Morgan fingerprint density at radius 3 is 2.56 bits per heavy atom. The molecule has 0 amide bonds. The quantitative estimate of drug-likeness (QED) is 0.805. The molecule has 0 unspecified atom stereocenters. The fourth-order valence-corrected chi connectivity index (χ4v) is 2.75. The number of anilines is 1. The van der Waals surface area contributed by atoms with Crippen molar-refractivity contribution in [2.24, 2.45) is 5.92 Å². The third-order valence-electron chi connectivity index (χ3n) is 4.09. The van der Waals surface area contributed by atoms with Crippen LogP contribution in [0.15, 0.2) is 29.3 Å². The Labute approximate surface area is 147 Å². The van der Waals surface area contributed by atoms with Gasteiger partial charge in [0.25, 0.3) is 5.56 Å². The van der Waals surface area contributed by atoms with Gasteiger partial charge in [0.2, 0.25) is 0 Å². The van der Waals surface area contributed by atoms with Crippen LogP contribution in [0, 0.1) is 5.92 Å². The normalized spacial score (nSPS) is 14.6. The summed E-state index contributed by atoms with van der Waals surface area (Å²) in [6, 6.07) is 1.94. The fourth-order valence-electron chi connectivity index (χ4n) is 2.50. The average Bonchev–Trinajstić information content (AvgIpc) is 3.39. The second kappa shape index (κ2) is 6.67. The lowest BCUT2D eigenvalue weighted by molar-refractivity contribution is -0.137. The number of aromatic nitrogens is 3. The lowest BCUT2D eigenvalue weighted by Crippen LogP contribution is -2.30. The van der Waals surface area contributed by atoms with Gasteiger partial charge in [0.1, 0.15) is 5.02 Å². The van der Waals surface area contributed by atoms with Crippen LogP contribution in [-0.4, -0.2) is 27.9 Å². The third kappa shape index (κ3) is 3.78. The van der Waals surface area contributed by atoms with Gasteiger partial charge in [-0.1, -0.05) is 11.6 Å². The molecule has 0 atom stereocenters. The zero-order valence-corrected chi connectivity index (χ0v) is 14.2. The van der Waals surface area contributed by atoms with Crippen LogP contribution in [0.25, 0.3) is 5.82 Å². The zero-order valence-electron chi connectivity index (χ0n) is 13.4. The first-order valence-electron chi connectivity index (χ1n) is 7.87. The van der Waals surface area contributed by atoms with E-state index in [1.807, 2.05) is 11.8 Å². The summed E-state index contributed by atoms with van der Waals surface area (Å²) in [5.41, 5.74) is -0.974. The van der Waals surface area contributed by atoms with E-state index in [1.165, 1.54) is 6.20 Å². The molecule has 1 fully saturated rings. The van der Waals surface area contributed by atoms with Crippen molar-refractivity contribution < 1.29 is 13.2 Å². The Morgan fingerprint density at radius 1 is 1.32 bits per heavy atom. The van der Waals surface area contributed by atoms with Gasteiger partial charge in [-0.15, -0.1) is 0 Å². The van der Waals surface area contributed by atoms with Gasteiger partial charge < -0.3 is 4.90 Å². The Balaban J connectivity index is 1.93. The average molecular weight is 373 g/mol. The third-order valence-corrected chi connectivity index (χ3v) is 4.45. The van der Waals surface area contributed by atoms with Crippen molar-refractivity contribution in [1.29, 1.82) is 0 Å². The topological polar surface area (TPSA) is 51.0 Å². The molecule has 134 valence electrons. The first kappa shape index (κ1) is 17.7. The van der Waals surface area contributed by atoms with Crippen molar-refractivity contribution in [3.8, 4) is 5.82 Å². The minimum Gasteiger partial charge on any atom is -0.369 e. The number of alkyl halides is 3. The van der Waals surface area contributed by atoms with Crippen LogP contribution in [0.4, 0.5) is 18.9 Å². The maximum absolute atomic E-state index is 12.6. The van der Waals surface area contributed by atoms with Gasteiger partial charge in [0.15, 0.2) is 5.82 Å². The molecule has 2 heterocycles. The van der Waals surface area contributed by atoms with E-state index in [0.29, 0.717) is 24.3 Å². The molecule has 0 saturated heterocycles. The highest BCUT2D eigenvalue weighted by molar-refractivity contribution is 6.33. The van der Waals surface area contributed by atoms with Crippen LogP contribution in [0.2, 0.25) is 5.02 Å². The van der Waals surface area contributed by atoms with E-state index in [-0.39, 0.29) is 10.8 Å². The molecule has 25 heavy (non-hydrogen) atoms. The minimum absolute atomic E-state index is 0.0146. The predicted molar refractivity (Wildman–Crippen MR) is 88.3 cm³/mol. The summed E-state index contributed by atoms with van der Waals surface area (Å²) in [7, 11) is 0. The van der Waals surface area contributed by atoms with E-state index in [1.54, 1.807) is 0 Å². The second-order valence-electron chi connectivity index (χ2n) is 5.95. The van der Waals surface area contributed by atoms with Crippen LogP contribution >= 0.6 is 11.6 Å². The highest BCUT2D eigenvalue weighted by atomic mass is 35.5. The van der Waals surface area contributed by atoms with Crippen molar-refractivity contribution >= 4 is 17.3 Å². The standard InChI is InChI=1S/C16H16ClF3N4O/c1-2-23(9-10-3-4-10)12-8-22-24(15(25)14(12)17)13-6-5-11(7-21-13)16(18,19)20/h5-8,10H,2-4,9H2,1H3. The summed E-state index contributed by atoms with van der Waals surface area (Å²) in [6.45, 7) is 3.45. The fraction of sp³-hybridized carbons (Fsp3) is 0.438. The van der Waals surface area contributed by atoms with Gasteiger partial charge in [-0.2, -0.15) is 23.0 Å². The van der Waals surface area contributed by atoms with Crippen LogP contribution in [0.1, 0.15) is 25.3 Å². The number of halogens is 4. The zero-order chi connectivity index (χ0) is 18.2. The van der Waals surface area contributed by atoms with Gasteiger partial charge in [-0.3, -0.25) is 4.79 Å². The first-order chi connectivity index (χ1) is 11.8. The van der Waals surface area contributed by atoms with Gasteiger partial charge in [0, 0.05) is 19.3 Å². The molecule has 5 nitrogen and oxygen atoms in total. The summed E-state index contributed by atoms with van der Waals surface area (Å²) in [4.78, 5) is 18.1. The van der Waals surface area contributed by atoms with Crippen LogP contribution in [-0.2, 0) is 6.18 Å². The van der Waals surface area contributed by atoms with Gasteiger partial charge >= 0.3 is 6.18 Å². The molecule has 0 aliphatic heterocycles. The number of pyridine rings is 1. The Morgan fingerprint density at radius 2 is 2.04 bits per heavy atom. The smallest absolute Gasteiger partial charge is 0.369 e. The van der Waals surface area contributed by atoms with E-state index < -0.39 is 17.3 Å². The molecule has 0 bridgehead atoms. The van der Waals surface area contributed by atoms with E-state index in [9.17, 15) is 18.0 Å². The molecule has 1 saturated carbocycles. The summed E-state index contributed by atoms with van der Waals surface area (Å²) < 4.78 is 38.7. The van der Waals surface area contributed by atoms with E-state index in [4.69, 9.17) is 11.6 Å². The Hall–Kier alpha value is -2.09. The highest BCUT2D eigenvalue weighted by Crippen LogP contribution is 2.32. The second-order valence-corrected chi connectivity index (χ2v) is 6.32. The summed E-state index contributed by atoms with van der Waals surface area (Å²) in [5.74, 6) is 0.590. The van der Waals surface area contributed by atoms with Crippen molar-refractivity contribution in [1.82, 2.24) is 14.8 Å². The predicted octanol–water partition coefficient (Wildman–Crippen LogP) is 3.54. The molecule has 1 aliphatic rings. The van der Waals surface area contributed by atoms with Gasteiger partial charge in [0.05, 0.1) is 17.4 Å². The molecule has 2 aromatic rings. The van der Waals surface area contributed by atoms with Crippen LogP contribution < -0.4 is 10.5 Å². The lowest BCUT2D eigenvalue weighted by atomic mass is 10.3. The summed E-state index contributed by atoms with van der Waals surface area (Å²) >= 11 is 6.21. The van der Waals surface area contributed by atoms with Gasteiger partial charge in [-0.25, -0.2) is 4.98 Å². The monoisotopic (exact) mass is 372 g/mol. The summed E-state index contributed by atoms with van der Waals surface area (Å²) in [5, 5.41) is 4.02. The van der Waals surface area contributed by atoms with Crippen LogP contribution in [0.5, 0.6) is 0 Å². The van der Waals surface area contributed by atoms with E-state index in [0.717, 1.165) is 36.2 Å². The van der Waals surface area contributed by atoms with Gasteiger partial charge in [-0.05, 0) is 37.8 Å². The molecular formula is C16H16ClF3N4O. The van der Waals surface area contributed by atoms with Crippen molar-refractivity contribution in [2.75, 3.05) is 18.0 Å². The largest absolute Gasteiger partial charge is 0.417 e. The number of rotatable bonds is 5. The molecule has 1 aliphatic carbocycles. The molecule has 9 heteroatoms. The van der Waals surface area contributed by atoms with Crippen molar-refractivity contribution in [2.45, 2.75) is 25.9 Å². The van der Waals surface area contributed by atoms with Crippen molar-refractivity contribution in [3.05, 3.63) is 45.5 Å². The number of hydrogen-bond donors (Lipinski definition) is 0. The summed E-state index contributed by atoms with van der Waals surface area (Å²) in [6.07, 6.45) is -0.0519. The lowest BCUT2D eigenvalue weighted by Gasteiger charge is -2.23. The highest BCUT2D eigenvalue weighted by Gasteiger charge is 2.31. The number of hydrogen-bond acceptors (Lipinski definition) is 4. The Bertz CT molecular complexity index is 816. The molecule has 0 aromatic carbocycles. The Kier molecular flexibility index (Phi) is 4.73. The molecule has 0 radical (unpaired) electrons. The molecule has 0 spiro atoms. The molecule has 3 rings (SSSR count). The van der Waals surface area contributed by atoms with Crippen molar-refractivity contribution in [3.63, 3.8) is 0 Å². The maximum Gasteiger partial charge on any atom is 0.417 e. The first-order valence-corrected chi connectivity index (χ1v) is 8.25. The maximum atomic E-state index is 12.6. The molecular weight excluding hydrogens is 357 g/mol. The van der Waals surface area contributed by atoms with Crippen LogP contribution in [0.3, 0.4) is 0 Å². The SMILES string of the molecule is CCN(CC1CC1)c1cnn(-c2ccc(C(F)(F)F)cn2)c(=O)c1Cl. The minimum atomic E-state index is -4.49. The van der Waals surface area contributed by atoms with E-state index >= 15 is 0 Å². The van der Waals surface area contributed by atoms with E-state index in [2.05, 4.69) is 10.1 Å². The molecule has 2 aromatic heterocycles. The molecule has 0 N–H and O–H groups in total. The number of nitrogens with zero attached hydrogens (tertiary/aromatic N) is 4.